The van der Waals surface area contributed by atoms with Gasteiger partial charge in [0.15, 0.2) is 11.5 Å². The van der Waals surface area contributed by atoms with Gasteiger partial charge in [0.2, 0.25) is 5.91 Å². The molecule has 0 saturated heterocycles. The molecule has 3 N–H and O–H groups in total. The fourth-order valence-electron chi connectivity index (χ4n) is 3.80. The van der Waals surface area contributed by atoms with E-state index in [1.807, 2.05) is 25.1 Å². The van der Waals surface area contributed by atoms with Crippen LogP contribution in [-0.2, 0) is 4.79 Å². The van der Waals surface area contributed by atoms with Crippen molar-refractivity contribution in [3.05, 3.63) is 23.8 Å². The minimum Gasteiger partial charge on any atom is -0.486 e. The Labute approximate surface area is 143 Å². The van der Waals surface area contributed by atoms with Crippen molar-refractivity contribution in [2.75, 3.05) is 19.8 Å². The number of fused-ring (bicyclic) bond motifs is 1. The molecule has 5 nitrogen and oxygen atoms in total. The Kier molecular flexibility index (Phi) is 5.29. The van der Waals surface area contributed by atoms with Crippen molar-refractivity contribution in [3.8, 4) is 11.5 Å². The zero-order chi connectivity index (χ0) is 17.0. The van der Waals surface area contributed by atoms with Crippen molar-refractivity contribution in [3.63, 3.8) is 0 Å². The van der Waals surface area contributed by atoms with Crippen molar-refractivity contribution in [1.82, 2.24) is 5.32 Å². The number of carbonyl (C=O) groups excluding carboxylic acids is 1. The van der Waals surface area contributed by atoms with Gasteiger partial charge in [0.25, 0.3) is 0 Å². The van der Waals surface area contributed by atoms with Gasteiger partial charge in [-0.05, 0) is 49.4 Å². The lowest BCUT2D eigenvalue weighted by Crippen LogP contribution is -2.39. The lowest BCUT2D eigenvalue weighted by Gasteiger charge is -2.36. The van der Waals surface area contributed by atoms with Gasteiger partial charge in [-0.25, -0.2) is 0 Å². The van der Waals surface area contributed by atoms with Gasteiger partial charge in [-0.2, -0.15) is 0 Å². The molecule has 3 rings (SSSR count). The van der Waals surface area contributed by atoms with Crippen LogP contribution >= 0.6 is 0 Å². The molecule has 0 spiro atoms. The van der Waals surface area contributed by atoms with Gasteiger partial charge in [-0.1, -0.05) is 25.3 Å². The lowest BCUT2D eigenvalue weighted by molar-refractivity contribution is -0.124. The van der Waals surface area contributed by atoms with E-state index in [1.165, 1.54) is 19.3 Å². The minimum absolute atomic E-state index is 0.00510. The Morgan fingerprint density at radius 3 is 2.62 bits per heavy atom. The molecule has 1 aromatic rings. The van der Waals surface area contributed by atoms with E-state index in [1.54, 1.807) is 0 Å². The van der Waals surface area contributed by atoms with E-state index >= 15 is 0 Å². The Morgan fingerprint density at radius 2 is 1.92 bits per heavy atom. The van der Waals surface area contributed by atoms with E-state index < -0.39 is 0 Å². The molecule has 1 aromatic carbocycles. The number of ether oxygens (including phenoxy) is 2. The highest BCUT2D eigenvalue weighted by molar-refractivity contribution is 5.77. The molecule has 1 fully saturated rings. The SMILES string of the molecule is CC(NC(=O)CC1(CN)CCCCC1)c1ccc2c(c1)OCCO2. The van der Waals surface area contributed by atoms with Crippen molar-refractivity contribution in [2.24, 2.45) is 11.1 Å². The highest BCUT2D eigenvalue weighted by atomic mass is 16.6. The number of hydrogen-bond donors (Lipinski definition) is 2. The minimum atomic E-state index is -0.0632. The van der Waals surface area contributed by atoms with Gasteiger partial charge < -0.3 is 20.5 Å². The van der Waals surface area contributed by atoms with Crippen LogP contribution in [0.3, 0.4) is 0 Å². The second kappa shape index (κ2) is 7.43. The number of nitrogens with one attached hydrogen (secondary N) is 1. The smallest absolute Gasteiger partial charge is 0.221 e. The second-order valence-corrected chi connectivity index (χ2v) is 7.13. The number of hydrogen-bond acceptors (Lipinski definition) is 4. The molecule has 1 aliphatic heterocycles. The van der Waals surface area contributed by atoms with E-state index in [0.717, 1.165) is 29.9 Å². The molecule has 5 heteroatoms. The Hall–Kier alpha value is -1.75. The molecule has 0 bridgehead atoms. The van der Waals surface area contributed by atoms with Crippen molar-refractivity contribution in [1.29, 1.82) is 0 Å². The Morgan fingerprint density at radius 1 is 1.21 bits per heavy atom. The van der Waals surface area contributed by atoms with E-state index in [4.69, 9.17) is 15.2 Å². The monoisotopic (exact) mass is 332 g/mol. The highest BCUT2D eigenvalue weighted by Gasteiger charge is 2.33. The van der Waals surface area contributed by atoms with Crippen LogP contribution in [0.15, 0.2) is 18.2 Å². The summed E-state index contributed by atoms with van der Waals surface area (Å²) in [5.41, 5.74) is 7.02. The van der Waals surface area contributed by atoms with Crippen LogP contribution in [0.25, 0.3) is 0 Å². The summed E-state index contributed by atoms with van der Waals surface area (Å²) in [6, 6.07) is 5.79. The van der Waals surface area contributed by atoms with Crippen molar-refractivity contribution in [2.45, 2.75) is 51.5 Å². The van der Waals surface area contributed by atoms with Gasteiger partial charge in [-0.15, -0.1) is 0 Å². The number of carbonyl (C=O) groups is 1. The molecule has 132 valence electrons. The largest absolute Gasteiger partial charge is 0.486 e. The van der Waals surface area contributed by atoms with Crippen LogP contribution in [0.2, 0.25) is 0 Å². The molecule has 24 heavy (non-hydrogen) atoms. The topological polar surface area (TPSA) is 73.6 Å². The quantitative estimate of drug-likeness (QED) is 0.869. The van der Waals surface area contributed by atoms with Crippen molar-refractivity contribution >= 4 is 5.91 Å². The zero-order valence-corrected chi connectivity index (χ0v) is 14.5. The maximum absolute atomic E-state index is 12.5. The van der Waals surface area contributed by atoms with E-state index in [0.29, 0.717) is 26.2 Å². The summed E-state index contributed by atoms with van der Waals surface area (Å²) in [5, 5.41) is 3.12. The first kappa shape index (κ1) is 17.1. The molecule has 1 heterocycles. The van der Waals surface area contributed by atoms with Gasteiger partial charge in [-0.3, -0.25) is 4.79 Å². The molecule has 2 aliphatic rings. The first-order valence-corrected chi connectivity index (χ1v) is 9.01. The number of benzene rings is 1. The molecular weight excluding hydrogens is 304 g/mol. The highest BCUT2D eigenvalue weighted by Crippen LogP contribution is 2.38. The number of rotatable bonds is 5. The van der Waals surface area contributed by atoms with E-state index in [-0.39, 0.29) is 17.4 Å². The molecule has 0 radical (unpaired) electrons. The van der Waals surface area contributed by atoms with Gasteiger partial charge >= 0.3 is 0 Å². The fourth-order valence-corrected chi connectivity index (χ4v) is 3.80. The fraction of sp³-hybridized carbons (Fsp3) is 0.632. The van der Waals surface area contributed by atoms with Crippen LogP contribution in [0, 0.1) is 5.41 Å². The first-order valence-electron chi connectivity index (χ1n) is 9.01. The average molecular weight is 332 g/mol. The number of amides is 1. The molecular formula is C19H28N2O3. The first-order chi connectivity index (χ1) is 11.6. The summed E-state index contributed by atoms with van der Waals surface area (Å²) in [6.45, 7) is 3.74. The number of nitrogens with two attached hydrogens (primary N) is 1. The molecule has 1 saturated carbocycles. The third-order valence-electron chi connectivity index (χ3n) is 5.33. The van der Waals surface area contributed by atoms with Crippen LogP contribution in [0.4, 0.5) is 0 Å². The zero-order valence-electron chi connectivity index (χ0n) is 14.5. The molecule has 1 amide bonds. The second-order valence-electron chi connectivity index (χ2n) is 7.13. The Balaban J connectivity index is 1.61. The predicted molar refractivity (Wildman–Crippen MR) is 93.2 cm³/mol. The summed E-state index contributed by atoms with van der Waals surface area (Å²) >= 11 is 0. The summed E-state index contributed by atoms with van der Waals surface area (Å²) in [5.74, 6) is 1.61. The summed E-state index contributed by atoms with van der Waals surface area (Å²) in [6.07, 6.45) is 6.28. The van der Waals surface area contributed by atoms with E-state index in [2.05, 4.69) is 5.32 Å². The third-order valence-corrected chi connectivity index (χ3v) is 5.33. The lowest BCUT2D eigenvalue weighted by atomic mass is 9.71. The summed E-state index contributed by atoms with van der Waals surface area (Å²) < 4.78 is 11.2. The summed E-state index contributed by atoms with van der Waals surface area (Å²) in [4.78, 5) is 12.5. The third kappa shape index (κ3) is 3.83. The molecule has 1 unspecified atom stereocenters. The Bertz CT molecular complexity index is 582. The van der Waals surface area contributed by atoms with E-state index in [9.17, 15) is 4.79 Å². The van der Waals surface area contributed by atoms with Crippen LogP contribution in [0.5, 0.6) is 11.5 Å². The van der Waals surface area contributed by atoms with Gasteiger partial charge in [0.1, 0.15) is 13.2 Å². The summed E-state index contributed by atoms with van der Waals surface area (Å²) in [7, 11) is 0. The molecule has 0 aromatic heterocycles. The van der Waals surface area contributed by atoms with Crippen molar-refractivity contribution < 1.29 is 14.3 Å². The maximum Gasteiger partial charge on any atom is 0.221 e. The molecule has 1 atom stereocenters. The van der Waals surface area contributed by atoms with Gasteiger partial charge in [0, 0.05) is 6.42 Å². The predicted octanol–water partition coefficient (Wildman–Crippen LogP) is 2.93. The van der Waals surface area contributed by atoms with Crippen LogP contribution in [-0.4, -0.2) is 25.7 Å². The van der Waals surface area contributed by atoms with Gasteiger partial charge in [0.05, 0.1) is 6.04 Å². The standard InChI is InChI=1S/C19H28N2O3/c1-14(15-5-6-16-17(11-15)24-10-9-23-16)21-18(22)12-19(13-20)7-3-2-4-8-19/h5-6,11,14H,2-4,7-10,12-13,20H2,1H3,(H,21,22). The van der Waals surface area contributed by atoms with Crippen LogP contribution < -0.4 is 20.5 Å². The maximum atomic E-state index is 12.5. The normalized spacial score (nSPS) is 20.2. The average Bonchev–Trinajstić information content (AvgIpc) is 2.62. The van der Waals surface area contributed by atoms with Crippen LogP contribution in [0.1, 0.15) is 57.1 Å². The molecule has 1 aliphatic carbocycles.